The smallest absolute Gasteiger partial charge is 0.515 e. The molecular formula is C14H20CuN4S+2. The van der Waals surface area contributed by atoms with Crippen LogP contribution >= 0.6 is 0 Å². The number of rotatable bonds is 2. The average molecular weight is 340 g/mol. The molecule has 6 heteroatoms. The molecule has 0 bridgehead atoms. The van der Waals surface area contributed by atoms with Gasteiger partial charge in [0.15, 0.2) is 17.3 Å². The molecule has 0 atom stereocenters. The van der Waals surface area contributed by atoms with E-state index in [4.69, 9.17) is 0 Å². The Bertz CT molecular complexity index is 442. The van der Waals surface area contributed by atoms with E-state index < -0.39 is 0 Å². The Morgan fingerprint density at radius 2 is 1.95 bits per heavy atom. The van der Waals surface area contributed by atoms with Gasteiger partial charge in [-0.15, -0.1) is 0 Å². The Kier molecular flexibility index (Phi) is 7.92. The molecule has 1 aromatic heterocycles. The summed E-state index contributed by atoms with van der Waals surface area (Å²) in [5, 5.41) is 4.93. The van der Waals surface area contributed by atoms with Crippen LogP contribution in [0.2, 0.25) is 0 Å². The van der Waals surface area contributed by atoms with Crippen LogP contribution in [0.5, 0.6) is 0 Å². The van der Waals surface area contributed by atoms with Crippen LogP contribution in [0.15, 0.2) is 29.5 Å². The Labute approximate surface area is 136 Å². The van der Waals surface area contributed by atoms with Gasteiger partial charge >= 0.3 is 17.1 Å². The SMILES string of the molecule is CC(=N[N-]C(=[SH+])N1CCCCCC1)c1ccccn1.[Cu+2]. The molecular weight excluding hydrogens is 320 g/mol. The van der Waals surface area contributed by atoms with E-state index in [1.807, 2.05) is 25.1 Å². The first-order valence-corrected chi connectivity index (χ1v) is 7.19. The molecule has 0 N–H and O–H groups in total. The van der Waals surface area contributed by atoms with Gasteiger partial charge in [-0.25, -0.2) is 4.90 Å². The van der Waals surface area contributed by atoms with Crippen molar-refractivity contribution in [2.24, 2.45) is 5.10 Å². The van der Waals surface area contributed by atoms with Crippen LogP contribution in [0.1, 0.15) is 38.3 Å². The standard InChI is InChI=1S/C14H20N4S.Cu/c1-12(13-8-4-5-9-15-13)16-17-14(19)18-10-6-2-3-7-11-18;/h4-5,8-9H,2-3,6-7,10-11H2,1H3,(H,15,17,19);/q;+2. The second-order valence-electron chi connectivity index (χ2n) is 4.70. The summed E-state index contributed by atoms with van der Waals surface area (Å²) in [5.41, 5.74) is 5.88. The van der Waals surface area contributed by atoms with Crippen molar-refractivity contribution >= 4 is 23.0 Å². The first kappa shape index (κ1) is 17.2. The Balaban J connectivity index is 0.00000200. The van der Waals surface area contributed by atoms with Gasteiger partial charge in [0.05, 0.1) is 5.69 Å². The molecule has 20 heavy (non-hydrogen) atoms. The molecule has 0 amide bonds. The summed E-state index contributed by atoms with van der Waals surface area (Å²) in [4.78, 5) is 6.45. The number of pyridine rings is 1. The molecule has 1 radical (unpaired) electrons. The second-order valence-corrected chi connectivity index (χ2v) is 5.10. The van der Waals surface area contributed by atoms with Crippen molar-refractivity contribution in [1.29, 1.82) is 0 Å². The summed E-state index contributed by atoms with van der Waals surface area (Å²) in [6.45, 7) is 3.97. The zero-order valence-corrected chi connectivity index (χ0v) is 13.4. The van der Waals surface area contributed by atoms with Gasteiger partial charge in [-0.2, -0.15) is 0 Å². The van der Waals surface area contributed by atoms with E-state index in [-0.39, 0.29) is 17.1 Å². The predicted octanol–water partition coefficient (Wildman–Crippen LogP) is 2.42. The van der Waals surface area contributed by atoms with E-state index in [2.05, 4.69) is 32.6 Å². The zero-order valence-electron chi connectivity index (χ0n) is 11.6. The Hall–Kier alpha value is -0.811. The Morgan fingerprint density at radius 1 is 1.25 bits per heavy atom. The summed E-state index contributed by atoms with van der Waals surface area (Å²) >= 11 is 4.46. The summed E-state index contributed by atoms with van der Waals surface area (Å²) in [6.07, 6.45) is 6.78. The van der Waals surface area contributed by atoms with E-state index in [1.54, 1.807) is 6.20 Å². The normalized spacial score (nSPS) is 16.9. The van der Waals surface area contributed by atoms with Crippen LogP contribution in [-0.2, 0) is 29.3 Å². The first-order chi connectivity index (χ1) is 9.27. The minimum Gasteiger partial charge on any atom is -0.515 e. The van der Waals surface area contributed by atoms with Crippen molar-refractivity contribution in [3.05, 3.63) is 35.5 Å². The van der Waals surface area contributed by atoms with Crippen molar-refractivity contribution in [3.8, 4) is 0 Å². The van der Waals surface area contributed by atoms with Crippen molar-refractivity contribution in [2.75, 3.05) is 13.1 Å². The van der Waals surface area contributed by atoms with E-state index in [1.165, 1.54) is 25.7 Å². The molecule has 0 aromatic carbocycles. The number of nitrogens with zero attached hydrogens (tertiary/aromatic N) is 4. The molecule has 2 rings (SSSR count). The summed E-state index contributed by atoms with van der Waals surface area (Å²) in [6, 6.07) is 5.77. The summed E-state index contributed by atoms with van der Waals surface area (Å²) < 4.78 is 0. The maximum Gasteiger partial charge on any atom is 2.00 e. The molecule has 0 spiro atoms. The van der Waals surface area contributed by atoms with Crippen molar-refractivity contribution in [3.63, 3.8) is 0 Å². The number of aromatic nitrogens is 1. The molecule has 1 fully saturated rings. The molecule has 111 valence electrons. The molecule has 4 nitrogen and oxygen atoms in total. The molecule has 0 unspecified atom stereocenters. The van der Waals surface area contributed by atoms with E-state index >= 15 is 0 Å². The predicted molar refractivity (Wildman–Crippen MR) is 83.6 cm³/mol. The quantitative estimate of drug-likeness (QED) is 0.207. The second kappa shape index (κ2) is 9.19. The minimum absolute atomic E-state index is 0. The molecule has 0 aliphatic carbocycles. The van der Waals surface area contributed by atoms with Crippen molar-refractivity contribution in [1.82, 2.24) is 9.88 Å². The monoisotopic (exact) mass is 339 g/mol. The van der Waals surface area contributed by atoms with E-state index in [0.717, 1.165) is 24.5 Å². The minimum atomic E-state index is 0. The van der Waals surface area contributed by atoms with Gasteiger partial charge < -0.3 is 10.5 Å². The van der Waals surface area contributed by atoms with Crippen LogP contribution in [0.4, 0.5) is 0 Å². The molecule has 2 heterocycles. The molecule has 1 aliphatic heterocycles. The maximum absolute atomic E-state index is 4.46. The van der Waals surface area contributed by atoms with E-state index in [0.29, 0.717) is 5.11 Å². The summed E-state index contributed by atoms with van der Waals surface area (Å²) in [7, 11) is 0. The third kappa shape index (κ3) is 5.29. The first-order valence-electron chi connectivity index (χ1n) is 6.75. The number of likely N-dealkylation sites (tertiary alicyclic amines) is 1. The Morgan fingerprint density at radius 3 is 2.55 bits per heavy atom. The third-order valence-corrected chi connectivity index (χ3v) is 3.59. The fourth-order valence-corrected chi connectivity index (χ4v) is 2.33. The zero-order chi connectivity index (χ0) is 13.5. The van der Waals surface area contributed by atoms with Crippen LogP contribution in [0, 0.1) is 0 Å². The number of hydrogen-bond donors (Lipinski definition) is 0. The van der Waals surface area contributed by atoms with Gasteiger partial charge in [0.1, 0.15) is 0 Å². The van der Waals surface area contributed by atoms with Crippen LogP contribution in [-0.4, -0.2) is 33.8 Å². The van der Waals surface area contributed by atoms with Crippen LogP contribution < -0.4 is 0 Å². The van der Waals surface area contributed by atoms with Crippen molar-refractivity contribution < 1.29 is 17.1 Å². The third-order valence-electron chi connectivity index (χ3n) is 3.21. The van der Waals surface area contributed by atoms with Crippen LogP contribution in [0.25, 0.3) is 5.43 Å². The van der Waals surface area contributed by atoms with Crippen molar-refractivity contribution in [2.45, 2.75) is 32.6 Å². The number of thiol groups is 1. The topological polar surface area (TPSA) is 42.6 Å². The number of hydrogen-bond acceptors (Lipinski definition) is 2. The fraction of sp³-hybridized carbons (Fsp3) is 0.500. The average Bonchev–Trinajstić information content (AvgIpc) is 2.74. The largest absolute Gasteiger partial charge is 2.00 e. The molecule has 1 aliphatic rings. The van der Waals surface area contributed by atoms with Crippen LogP contribution in [0.3, 0.4) is 0 Å². The van der Waals surface area contributed by atoms with Gasteiger partial charge in [-0.3, -0.25) is 4.98 Å². The molecule has 1 saturated heterocycles. The van der Waals surface area contributed by atoms with Gasteiger partial charge in [0.25, 0.3) is 0 Å². The molecule has 1 aromatic rings. The van der Waals surface area contributed by atoms with Gasteiger partial charge in [0, 0.05) is 25.0 Å². The maximum atomic E-state index is 4.46. The molecule has 0 saturated carbocycles. The van der Waals surface area contributed by atoms with E-state index in [9.17, 15) is 0 Å². The van der Waals surface area contributed by atoms with Gasteiger partial charge in [0.2, 0.25) is 0 Å². The van der Waals surface area contributed by atoms with Gasteiger partial charge in [-0.05, 0) is 31.9 Å². The van der Waals surface area contributed by atoms with Gasteiger partial charge in [-0.1, -0.05) is 18.9 Å². The fourth-order valence-electron chi connectivity index (χ4n) is 2.08. The summed E-state index contributed by atoms with van der Waals surface area (Å²) in [5.74, 6) is 0.